The average molecular weight is 415 g/mol. The lowest BCUT2D eigenvalue weighted by Gasteiger charge is -2.14. The minimum absolute atomic E-state index is 0.858. The molecule has 2 heteroatoms. The lowest BCUT2D eigenvalue weighted by atomic mass is 10.0. The smallest absolute Gasteiger partial charge is 0.141 e. The van der Waals surface area contributed by atoms with Gasteiger partial charge in [-0.2, -0.15) is 0 Å². The van der Waals surface area contributed by atoms with Gasteiger partial charge in [-0.05, 0) is 18.9 Å². The molecule has 0 spiro atoms. The summed E-state index contributed by atoms with van der Waals surface area (Å²) < 4.78 is 2.40. The van der Waals surface area contributed by atoms with Gasteiger partial charge in [0.25, 0.3) is 0 Å². The highest BCUT2D eigenvalue weighted by atomic mass is 15.1. The Hall–Kier alpha value is -3.91. The second kappa shape index (κ2) is 9.07. The molecule has 0 N–H and O–H groups in total. The lowest BCUT2D eigenvalue weighted by molar-refractivity contribution is 0.709. The van der Waals surface area contributed by atoms with E-state index in [0.717, 1.165) is 35.6 Å². The predicted octanol–water partition coefficient (Wildman–Crippen LogP) is 7.44. The molecule has 156 valence electrons. The molecular formula is C30H26N2. The van der Waals surface area contributed by atoms with Crippen molar-refractivity contribution in [3.8, 4) is 33.9 Å². The molecule has 0 saturated carbocycles. The van der Waals surface area contributed by atoms with Gasteiger partial charge in [0.15, 0.2) is 0 Å². The molecule has 4 aromatic carbocycles. The van der Waals surface area contributed by atoms with Crippen LogP contribution < -0.4 is 0 Å². The molecule has 32 heavy (non-hydrogen) atoms. The highest BCUT2D eigenvalue weighted by molar-refractivity contribution is 5.82. The molecule has 0 radical (unpaired) electrons. The van der Waals surface area contributed by atoms with Gasteiger partial charge in [0.2, 0.25) is 0 Å². The van der Waals surface area contributed by atoms with E-state index in [4.69, 9.17) is 4.98 Å². The van der Waals surface area contributed by atoms with Crippen molar-refractivity contribution in [1.29, 1.82) is 0 Å². The molecule has 2 nitrogen and oxygen atoms in total. The van der Waals surface area contributed by atoms with Crippen LogP contribution in [0.25, 0.3) is 33.9 Å². The van der Waals surface area contributed by atoms with E-state index in [0.29, 0.717) is 0 Å². The van der Waals surface area contributed by atoms with Crippen LogP contribution in [-0.4, -0.2) is 9.55 Å². The number of benzene rings is 4. The highest BCUT2D eigenvalue weighted by Crippen LogP contribution is 2.36. The second-order valence-corrected chi connectivity index (χ2v) is 8.12. The van der Waals surface area contributed by atoms with Crippen molar-refractivity contribution in [2.45, 2.75) is 19.9 Å². The van der Waals surface area contributed by atoms with E-state index >= 15 is 0 Å². The Kier molecular flexibility index (Phi) is 5.67. The van der Waals surface area contributed by atoms with Gasteiger partial charge in [0.05, 0.1) is 11.4 Å². The monoisotopic (exact) mass is 414 g/mol. The largest absolute Gasteiger partial charge is 0.323 e. The van der Waals surface area contributed by atoms with Crippen LogP contribution in [-0.2, 0) is 13.0 Å². The molecule has 0 aliphatic carbocycles. The number of hydrogen-bond donors (Lipinski definition) is 0. The predicted molar refractivity (Wildman–Crippen MR) is 133 cm³/mol. The van der Waals surface area contributed by atoms with Crippen LogP contribution in [0.1, 0.15) is 11.1 Å². The summed E-state index contributed by atoms with van der Waals surface area (Å²) in [6.07, 6.45) is 0.949. The number of nitrogens with zero attached hydrogens (tertiary/aromatic N) is 2. The Balaban J connectivity index is 1.71. The van der Waals surface area contributed by atoms with E-state index in [-0.39, 0.29) is 0 Å². The Morgan fingerprint density at radius 1 is 0.594 bits per heavy atom. The van der Waals surface area contributed by atoms with Gasteiger partial charge in [0, 0.05) is 23.2 Å². The van der Waals surface area contributed by atoms with Gasteiger partial charge in [0.1, 0.15) is 5.82 Å². The first-order chi connectivity index (χ1) is 15.8. The number of hydrogen-bond acceptors (Lipinski definition) is 1. The average Bonchev–Trinajstić information content (AvgIpc) is 3.24. The fraction of sp³-hybridized carbons (Fsp3) is 0.100. The number of imidazole rings is 1. The molecule has 1 aromatic heterocycles. The zero-order valence-electron chi connectivity index (χ0n) is 18.3. The normalized spacial score (nSPS) is 10.9. The Bertz CT molecular complexity index is 1290. The fourth-order valence-electron chi connectivity index (χ4n) is 4.17. The summed E-state index contributed by atoms with van der Waals surface area (Å²) in [5.41, 5.74) is 8.24. The molecule has 0 saturated heterocycles. The van der Waals surface area contributed by atoms with Gasteiger partial charge in [-0.15, -0.1) is 0 Å². The third-order valence-corrected chi connectivity index (χ3v) is 5.84. The molecular weight excluding hydrogens is 388 g/mol. The minimum Gasteiger partial charge on any atom is -0.323 e. The van der Waals surface area contributed by atoms with E-state index in [1.54, 1.807) is 0 Å². The van der Waals surface area contributed by atoms with E-state index in [9.17, 15) is 0 Å². The molecule has 0 aliphatic heterocycles. The van der Waals surface area contributed by atoms with E-state index in [1.807, 2.05) is 0 Å². The van der Waals surface area contributed by atoms with Crippen LogP contribution >= 0.6 is 0 Å². The van der Waals surface area contributed by atoms with Crippen LogP contribution in [0.15, 0.2) is 115 Å². The van der Waals surface area contributed by atoms with Gasteiger partial charge in [-0.3, -0.25) is 0 Å². The molecule has 0 atom stereocenters. The van der Waals surface area contributed by atoms with Crippen LogP contribution in [0.3, 0.4) is 0 Å². The Morgan fingerprint density at radius 2 is 1.16 bits per heavy atom. The van der Waals surface area contributed by atoms with Gasteiger partial charge >= 0.3 is 0 Å². The fourth-order valence-corrected chi connectivity index (χ4v) is 4.17. The first-order valence-corrected chi connectivity index (χ1v) is 11.1. The summed E-state index contributed by atoms with van der Waals surface area (Å²) in [4.78, 5) is 5.23. The van der Waals surface area contributed by atoms with Crippen molar-refractivity contribution in [1.82, 2.24) is 9.55 Å². The van der Waals surface area contributed by atoms with Gasteiger partial charge < -0.3 is 4.57 Å². The van der Waals surface area contributed by atoms with E-state index in [1.165, 1.54) is 22.4 Å². The molecule has 0 unspecified atom stereocenters. The van der Waals surface area contributed by atoms with Crippen LogP contribution in [0.2, 0.25) is 0 Å². The van der Waals surface area contributed by atoms with Crippen molar-refractivity contribution >= 4 is 0 Å². The first kappa shape index (κ1) is 20.0. The van der Waals surface area contributed by atoms with E-state index < -0.39 is 0 Å². The lowest BCUT2D eigenvalue weighted by Crippen LogP contribution is -2.06. The minimum atomic E-state index is 0.858. The maximum Gasteiger partial charge on any atom is 0.141 e. The van der Waals surface area contributed by atoms with Crippen molar-refractivity contribution in [3.63, 3.8) is 0 Å². The van der Waals surface area contributed by atoms with Crippen molar-refractivity contribution in [3.05, 3.63) is 126 Å². The molecule has 0 fully saturated rings. The molecule has 0 aliphatic rings. The summed E-state index contributed by atoms with van der Waals surface area (Å²) in [6.45, 7) is 2.98. The number of rotatable bonds is 6. The topological polar surface area (TPSA) is 17.8 Å². The number of aryl methyl sites for hydroxylation is 2. The van der Waals surface area contributed by atoms with Crippen molar-refractivity contribution in [2.24, 2.45) is 0 Å². The summed E-state index contributed by atoms with van der Waals surface area (Å²) in [5, 5.41) is 0. The Labute approximate surface area is 189 Å². The third-order valence-electron chi connectivity index (χ3n) is 5.84. The maximum absolute atomic E-state index is 5.23. The van der Waals surface area contributed by atoms with Gasteiger partial charge in [-0.25, -0.2) is 4.98 Å². The highest BCUT2D eigenvalue weighted by Gasteiger charge is 2.21. The molecule has 5 rings (SSSR count). The Morgan fingerprint density at radius 3 is 1.78 bits per heavy atom. The van der Waals surface area contributed by atoms with Crippen molar-refractivity contribution < 1.29 is 0 Å². The zero-order valence-corrected chi connectivity index (χ0v) is 18.3. The maximum atomic E-state index is 5.23. The number of aromatic nitrogens is 2. The molecule has 0 bridgehead atoms. The van der Waals surface area contributed by atoms with Crippen LogP contribution in [0, 0.1) is 6.92 Å². The van der Waals surface area contributed by atoms with Crippen molar-refractivity contribution in [2.75, 3.05) is 0 Å². The quantitative estimate of drug-likeness (QED) is 0.282. The second-order valence-electron chi connectivity index (χ2n) is 8.12. The summed E-state index contributed by atoms with van der Waals surface area (Å²) >= 11 is 0. The first-order valence-electron chi connectivity index (χ1n) is 11.1. The third kappa shape index (κ3) is 4.13. The SMILES string of the molecule is Cc1ccc(-c2nc(-c3ccccc3)c(-c3ccccc3)n2CCc2ccccc2)cc1. The molecule has 1 heterocycles. The molecule has 0 amide bonds. The summed E-state index contributed by atoms with van der Waals surface area (Å²) in [6, 6.07) is 40.5. The van der Waals surface area contributed by atoms with Crippen LogP contribution in [0.5, 0.6) is 0 Å². The van der Waals surface area contributed by atoms with E-state index in [2.05, 4.69) is 127 Å². The summed E-state index contributed by atoms with van der Waals surface area (Å²) in [5.74, 6) is 1.01. The van der Waals surface area contributed by atoms with Gasteiger partial charge in [-0.1, -0.05) is 121 Å². The zero-order chi connectivity index (χ0) is 21.8. The summed E-state index contributed by atoms with van der Waals surface area (Å²) in [7, 11) is 0. The molecule has 5 aromatic rings. The standard InChI is InChI=1S/C30H26N2/c1-23-17-19-27(20-18-23)30-31-28(25-13-7-3-8-14-25)29(26-15-9-4-10-16-26)32(30)22-21-24-11-5-2-6-12-24/h2-20H,21-22H2,1H3. The van der Waals surface area contributed by atoms with Crippen LogP contribution in [0.4, 0.5) is 0 Å².